The second-order valence-corrected chi connectivity index (χ2v) is 5.87. The number of nitrogens with zero attached hydrogens (tertiary/aromatic N) is 1. The van der Waals surface area contributed by atoms with E-state index in [4.69, 9.17) is 5.11 Å². The number of sulfonamides is 1. The van der Waals surface area contributed by atoms with Crippen LogP contribution >= 0.6 is 0 Å². The number of hydrogen-bond donors (Lipinski definition) is 2. The molecule has 0 bridgehead atoms. The van der Waals surface area contributed by atoms with Crippen LogP contribution < -0.4 is 4.72 Å². The molecule has 1 heterocycles. The zero-order chi connectivity index (χ0) is 13.6. The average Bonchev–Trinajstić information content (AvgIpc) is 2.27. The molecule has 0 aromatic carbocycles. The van der Waals surface area contributed by atoms with E-state index in [1.54, 1.807) is 18.5 Å². The number of aryl methyl sites for hydroxylation is 1. The number of aromatic nitrogens is 1. The van der Waals surface area contributed by atoms with Gasteiger partial charge in [0.05, 0.1) is 5.75 Å². The third-order valence-electron chi connectivity index (χ3n) is 2.43. The van der Waals surface area contributed by atoms with Crippen molar-refractivity contribution in [2.24, 2.45) is 0 Å². The van der Waals surface area contributed by atoms with E-state index in [1.807, 2.05) is 6.92 Å². The Balaban J connectivity index is 2.47. The Hall–Kier alpha value is -1.47. The van der Waals surface area contributed by atoms with Crippen LogP contribution in [0.15, 0.2) is 18.5 Å². The second-order valence-electron chi connectivity index (χ2n) is 3.94. The molecule has 0 fully saturated rings. The Bertz CT molecular complexity index is 514. The molecule has 0 spiro atoms. The number of nitrogens with one attached hydrogen (secondary N) is 1. The minimum Gasteiger partial charge on any atom is -0.481 e. The predicted octanol–water partition coefficient (Wildman–Crippen LogP) is 0.674. The average molecular weight is 272 g/mol. The highest BCUT2D eigenvalue weighted by Gasteiger charge is 2.11. The summed E-state index contributed by atoms with van der Waals surface area (Å²) in [6, 6.07) is 1.80. The van der Waals surface area contributed by atoms with Gasteiger partial charge in [0.15, 0.2) is 0 Å². The highest BCUT2D eigenvalue weighted by atomic mass is 32.2. The molecule has 2 N–H and O–H groups in total. The summed E-state index contributed by atoms with van der Waals surface area (Å²) in [6.07, 6.45) is 3.21. The molecule has 0 unspecified atom stereocenters. The maximum atomic E-state index is 11.6. The molecule has 0 saturated carbocycles. The number of carboxylic acid groups (broad SMARTS) is 1. The first-order valence-electron chi connectivity index (χ1n) is 5.49. The molecule has 0 atom stereocenters. The topological polar surface area (TPSA) is 96.4 Å². The van der Waals surface area contributed by atoms with Gasteiger partial charge < -0.3 is 5.11 Å². The molecular weight excluding hydrogens is 256 g/mol. The van der Waals surface area contributed by atoms with Gasteiger partial charge in [-0.1, -0.05) is 0 Å². The Kier molecular flexibility index (Phi) is 5.24. The molecule has 6 nitrogen and oxygen atoms in total. The van der Waals surface area contributed by atoms with Crippen LogP contribution in [0.5, 0.6) is 0 Å². The first-order chi connectivity index (χ1) is 8.41. The number of carboxylic acids is 1. The zero-order valence-electron chi connectivity index (χ0n) is 10.1. The fourth-order valence-corrected chi connectivity index (χ4v) is 2.40. The molecule has 0 aliphatic heterocycles. The van der Waals surface area contributed by atoms with E-state index in [9.17, 15) is 13.2 Å². The van der Waals surface area contributed by atoms with Crippen molar-refractivity contribution in [2.45, 2.75) is 26.3 Å². The minimum absolute atomic E-state index is 0.108. The highest BCUT2D eigenvalue weighted by molar-refractivity contribution is 7.89. The normalized spacial score (nSPS) is 11.4. The Morgan fingerprint density at radius 3 is 2.83 bits per heavy atom. The number of pyridine rings is 1. The number of rotatable bonds is 7. The molecule has 0 aliphatic carbocycles. The summed E-state index contributed by atoms with van der Waals surface area (Å²) in [5.74, 6) is -1.17. The van der Waals surface area contributed by atoms with Crippen LogP contribution in [0.25, 0.3) is 0 Å². The van der Waals surface area contributed by atoms with Crippen molar-refractivity contribution >= 4 is 16.0 Å². The summed E-state index contributed by atoms with van der Waals surface area (Å²) in [4.78, 5) is 14.2. The van der Waals surface area contributed by atoms with E-state index in [2.05, 4.69) is 9.71 Å². The first kappa shape index (κ1) is 14.6. The zero-order valence-corrected chi connectivity index (χ0v) is 10.9. The molecule has 0 radical (unpaired) electrons. The third kappa shape index (κ3) is 5.24. The van der Waals surface area contributed by atoms with Crippen LogP contribution in [0.1, 0.15) is 24.0 Å². The molecule has 0 amide bonds. The van der Waals surface area contributed by atoms with Gasteiger partial charge in [-0.05, 0) is 30.5 Å². The van der Waals surface area contributed by atoms with Gasteiger partial charge in [0, 0.05) is 25.4 Å². The quantitative estimate of drug-likeness (QED) is 0.760. The van der Waals surface area contributed by atoms with Crippen molar-refractivity contribution in [1.29, 1.82) is 0 Å². The van der Waals surface area contributed by atoms with Crippen LogP contribution in [0.4, 0.5) is 0 Å². The molecule has 1 aromatic rings. The lowest BCUT2D eigenvalue weighted by molar-refractivity contribution is -0.137. The highest BCUT2D eigenvalue weighted by Crippen LogP contribution is 2.05. The van der Waals surface area contributed by atoms with Crippen molar-refractivity contribution in [1.82, 2.24) is 9.71 Å². The van der Waals surface area contributed by atoms with Crippen molar-refractivity contribution < 1.29 is 18.3 Å². The van der Waals surface area contributed by atoms with Gasteiger partial charge in [-0.2, -0.15) is 0 Å². The number of hydrogen-bond acceptors (Lipinski definition) is 4. The van der Waals surface area contributed by atoms with E-state index < -0.39 is 16.0 Å². The molecule has 18 heavy (non-hydrogen) atoms. The summed E-state index contributed by atoms with van der Waals surface area (Å²) >= 11 is 0. The van der Waals surface area contributed by atoms with Gasteiger partial charge in [0.2, 0.25) is 10.0 Å². The summed E-state index contributed by atoms with van der Waals surface area (Å²) in [5.41, 5.74) is 1.76. The number of carbonyl (C=O) groups is 1. The SMILES string of the molecule is Cc1ccncc1CNS(=O)(=O)CCCC(=O)O. The van der Waals surface area contributed by atoms with E-state index in [0.717, 1.165) is 11.1 Å². The van der Waals surface area contributed by atoms with E-state index in [1.165, 1.54) is 0 Å². The largest absolute Gasteiger partial charge is 0.481 e. The Morgan fingerprint density at radius 1 is 1.50 bits per heavy atom. The van der Waals surface area contributed by atoms with E-state index in [0.29, 0.717) is 0 Å². The molecule has 1 aromatic heterocycles. The standard InChI is InChI=1S/C11H16N2O4S/c1-9-4-5-12-7-10(9)8-13-18(16,17)6-2-3-11(14)15/h4-5,7,13H,2-3,6,8H2,1H3,(H,14,15). The van der Waals surface area contributed by atoms with Crippen molar-refractivity contribution in [3.63, 3.8) is 0 Å². The fraction of sp³-hybridized carbons (Fsp3) is 0.455. The molecule has 7 heteroatoms. The molecular formula is C11H16N2O4S. The summed E-state index contributed by atoms with van der Waals surface area (Å²) in [6.45, 7) is 2.05. The molecule has 0 aliphatic rings. The lowest BCUT2D eigenvalue weighted by Crippen LogP contribution is -2.26. The maximum absolute atomic E-state index is 11.6. The van der Waals surface area contributed by atoms with Gasteiger partial charge in [-0.3, -0.25) is 9.78 Å². The first-order valence-corrected chi connectivity index (χ1v) is 7.14. The molecule has 100 valence electrons. The third-order valence-corrected chi connectivity index (χ3v) is 3.84. The number of aliphatic carboxylic acids is 1. The lowest BCUT2D eigenvalue weighted by Gasteiger charge is -2.07. The second kappa shape index (κ2) is 6.46. The van der Waals surface area contributed by atoms with Gasteiger partial charge >= 0.3 is 5.97 Å². The van der Waals surface area contributed by atoms with E-state index >= 15 is 0 Å². The fourth-order valence-electron chi connectivity index (χ4n) is 1.36. The van der Waals surface area contributed by atoms with E-state index in [-0.39, 0.29) is 25.1 Å². The van der Waals surface area contributed by atoms with Gasteiger partial charge in [-0.15, -0.1) is 0 Å². The maximum Gasteiger partial charge on any atom is 0.303 e. The van der Waals surface area contributed by atoms with Crippen molar-refractivity contribution in [3.8, 4) is 0 Å². The predicted molar refractivity (Wildman–Crippen MR) is 66.5 cm³/mol. The Morgan fingerprint density at radius 2 is 2.22 bits per heavy atom. The monoisotopic (exact) mass is 272 g/mol. The molecule has 0 saturated heterocycles. The Labute approximate surface area is 106 Å². The molecule has 1 rings (SSSR count). The summed E-state index contributed by atoms with van der Waals surface area (Å²) in [5, 5.41) is 8.43. The van der Waals surface area contributed by atoms with Gasteiger partial charge in [0.1, 0.15) is 0 Å². The van der Waals surface area contributed by atoms with Crippen LogP contribution in [-0.2, 0) is 21.4 Å². The van der Waals surface area contributed by atoms with Gasteiger partial charge in [0.25, 0.3) is 0 Å². The smallest absolute Gasteiger partial charge is 0.303 e. The van der Waals surface area contributed by atoms with Crippen LogP contribution in [-0.4, -0.2) is 30.2 Å². The summed E-state index contributed by atoms with van der Waals surface area (Å²) < 4.78 is 25.6. The van der Waals surface area contributed by atoms with Gasteiger partial charge in [-0.25, -0.2) is 13.1 Å². The van der Waals surface area contributed by atoms with Crippen molar-refractivity contribution in [3.05, 3.63) is 29.6 Å². The lowest BCUT2D eigenvalue weighted by atomic mass is 10.2. The van der Waals surface area contributed by atoms with Crippen LogP contribution in [0.2, 0.25) is 0 Å². The minimum atomic E-state index is -3.43. The van der Waals surface area contributed by atoms with Crippen LogP contribution in [0, 0.1) is 6.92 Å². The van der Waals surface area contributed by atoms with Crippen molar-refractivity contribution in [2.75, 3.05) is 5.75 Å². The van der Waals surface area contributed by atoms with Crippen LogP contribution in [0.3, 0.4) is 0 Å². The summed E-state index contributed by atoms with van der Waals surface area (Å²) in [7, 11) is -3.43.